The molecule has 0 aromatic heterocycles. The second-order valence-corrected chi connectivity index (χ2v) is 6.12. The van der Waals surface area contributed by atoms with Crippen molar-refractivity contribution in [2.75, 3.05) is 46.2 Å². The summed E-state index contributed by atoms with van der Waals surface area (Å²) in [6, 6.07) is 9.77. The van der Waals surface area contributed by atoms with Gasteiger partial charge in [0.1, 0.15) is 12.4 Å². The van der Waals surface area contributed by atoms with Crippen LogP contribution < -0.4 is 4.74 Å². The molecule has 25 heavy (non-hydrogen) atoms. The second-order valence-electron chi connectivity index (χ2n) is 6.12. The van der Waals surface area contributed by atoms with Crippen LogP contribution in [0.3, 0.4) is 0 Å². The van der Waals surface area contributed by atoms with Gasteiger partial charge in [0.15, 0.2) is 0 Å². The third-order valence-electron chi connectivity index (χ3n) is 3.88. The van der Waals surface area contributed by atoms with Crippen LogP contribution in [0.4, 0.5) is 0 Å². The van der Waals surface area contributed by atoms with Gasteiger partial charge in [-0.15, -0.1) is 0 Å². The molecule has 0 saturated carbocycles. The van der Waals surface area contributed by atoms with Gasteiger partial charge in [-0.3, -0.25) is 0 Å². The molecule has 0 saturated heterocycles. The Morgan fingerprint density at radius 3 is 1.72 bits per heavy atom. The van der Waals surface area contributed by atoms with Crippen LogP contribution in [-0.2, 0) is 14.2 Å². The van der Waals surface area contributed by atoms with E-state index in [-0.39, 0.29) is 0 Å². The number of rotatable bonds is 18. The summed E-state index contributed by atoms with van der Waals surface area (Å²) in [5, 5.41) is 0. The standard InChI is InChI=1S/C21H36O4/c1-2-3-4-5-6-7-11-14-22-15-16-23-17-18-24-19-20-25-21-12-9-8-10-13-21/h8-10,12-13H,2-7,11,14-20H2,1H3. The van der Waals surface area contributed by atoms with E-state index in [9.17, 15) is 0 Å². The van der Waals surface area contributed by atoms with Crippen LogP contribution in [0.2, 0.25) is 0 Å². The monoisotopic (exact) mass is 352 g/mol. The minimum absolute atomic E-state index is 0.561. The molecule has 4 heteroatoms. The molecule has 4 nitrogen and oxygen atoms in total. The highest BCUT2D eigenvalue weighted by Crippen LogP contribution is 2.08. The molecule has 1 aromatic carbocycles. The van der Waals surface area contributed by atoms with Crippen LogP contribution >= 0.6 is 0 Å². The fourth-order valence-corrected chi connectivity index (χ4v) is 2.44. The van der Waals surface area contributed by atoms with E-state index in [0.717, 1.165) is 18.8 Å². The predicted molar refractivity (Wildman–Crippen MR) is 102 cm³/mol. The van der Waals surface area contributed by atoms with Gasteiger partial charge in [0.25, 0.3) is 0 Å². The van der Waals surface area contributed by atoms with E-state index in [1.54, 1.807) is 0 Å². The lowest BCUT2D eigenvalue weighted by Gasteiger charge is -2.08. The number of unbranched alkanes of at least 4 members (excludes halogenated alkanes) is 6. The maximum atomic E-state index is 5.57. The Labute approximate surface area is 153 Å². The van der Waals surface area contributed by atoms with E-state index < -0.39 is 0 Å². The molecule has 0 aliphatic rings. The van der Waals surface area contributed by atoms with Crippen LogP contribution in [0, 0.1) is 0 Å². The molecular weight excluding hydrogens is 316 g/mol. The van der Waals surface area contributed by atoms with Gasteiger partial charge in [-0.1, -0.05) is 63.6 Å². The van der Waals surface area contributed by atoms with Crippen molar-refractivity contribution in [3.63, 3.8) is 0 Å². The van der Waals surface area contributed by atoms with Gasteiger partial charge >= 0.3 is 0 Å². The number of para-hydroxylation sites is 1. The van der Waals surface area contributed by atoms with Crippen molar-refractivity contribution in [1.82, 2.24) is 0 Å². The third-order valence-corrected chi connectivity index (χ3v) is 3.88. The summed E-state index contributed by atoms with van der Waals surface area (Å²) in [5.74, 6) is 0.875. The highest BCUT2D eigenvalue weighted by atomic mass is 16.6. The zero-order valence-corrected chi connectivity index (χ0v) is 15.9. The van der Waals surface area contributed by atoms with Crippen LogP contribution in [0.1, 0.15) is 51.9 Å². The Bertz CT molecular complexity index is 369. The summed E-state index contributed by atoms with van der Waals surface area (Å²) in [6.07, 6.45) is 9.22. The molecular formula is C21H36O4. The van der Waals surface area contributed by atoms with Gasteiger partial charge in [-0.05, 0) is 18.6 Å². The van der Waals surface area contributed by atoms with E-state index in [1.165, 1.54) is 38.5 Å². The Balaban J connectivity index is 1.69. The SMILES string of the molecule is CCCCCCCCCOCCOCCOCCOc1ccccc1. The Kier molecular flexibility index (Phi) is 15.5. The molecule has 1 rings (SSSR count). The van der Waals surface area contributed by atoms with Gasteiger partial charge in [0.05, 0.1) is 33.0 Å². The van der Waals surface area contributed by atoms with E-state index in [4.69, 9.17) is 18.9 Å². The summed E-state index contributed by atoms with van der Waals surface area (Å²) >= 11 is 0. The highest BCUT2D eigenvalue weighted by molar-refractivity contribution is 5.20. The fourth-order valence-electron chi connectivity index (χ4n) is 2.44. The smallest absolute Gasteiger partial charge is 0.119 e. The first-order valence-electron chi connectivity index (χ1n) is 9.84. The first-order chi connectivity index (χ1) is 12.4. The Morgan fingerprint density at radius 1 is 0.560 bits per heavy atom. The molecule has 0 unspecified atom stereocenters. The number of ether oxygens (including phenoxy) is 4. The topological polar surface area (TPSA) is 36.9 Å². The van der Waals surface area contributed by atoms with E-state index in [0.29, 0.717) is 39.6 Å². The van der Waals surface area contributed by atoms with Crippen LogP contribution in [-0.4, -0.2) is 46.2 Å². The summed E-state index contributed by atoms with van der Waals surface area (Å²) in [4.78, 5) is 0. The molecule has 1 aromatic rings. The molecule has 0 fully saturated rings. The number of benzene rings is 1. The van der Waals surface area contributed by atoms with Gasteiger partial charge in [0.2, 0.25) is 0 Å². The van der Waals surface area contributed by atoms with E-state index in [1.807, 2.05) is 30.3 Å². The molecule has 0 heterocycles. The number of hydrogen-bond acceptors (Lipinski definition) is 4. The minimum atomic E-state index is 0.561. The Morgan fingerprint density at radius 2 is 1.08 bits per heavy atom. The molecule has 0 bridgehead atoms. The Hall–Kier alpha value is -1.10. The molecule has 0 amide bonds. The van der Waals surface area contributed by atoms with Gasteiger partial charge < -0.3 is 18.9 Å². The molecule has 0 spiro atoms. The molecule has 144 valence electrons. The van der Waals surface area contributed by atoms with Crippen molar-refractivity contribution < 1.29 is 18.9 Å². The van der Waals surface area contributed by atoms with Crippen molar-refractivity contribution >= 4 is 0 Å². The quantitative estimate of drug-likeness (QED) is 0.353. The zero-order valence-electron chi connectivity index (χ0n) is 15.9. The highest BCUT2D eigenvalue weighted by Gasteiger charge is 1.95. The van der Waals surface area contributed by atoms with Gasteiger partial charge in [0, 0.05) is 6.61 Å². The van der Waals surface area contributed by atoms with Crippen LogP contribution in [0.15, 0.2) is 30.3 Å². The second kappa shape index (κ2) is 17.7. The van der Waals surface area contributed by atoms with Gasteiger partial charge in [-0.2, -0.15) is 0 Å². The normalized spacial score (nSPS) is 10.9. The zero-order chi connectivity index (χ0) is 17.8. The van der Waals surface area contributed by atoms with Crippen LogP contribution in [0.5, 0.6) is 5.75 Å². The third kappa shape index (κ3) is 14.9. The average Bonchev–Trinajstić information content (AvgIpc) is 2.65. The molecule has 0 aliphatic heterocycles. The molecule has 0 atom stereocenters. The van der Waals surface area contributed by atoms with Crippen molar-refractivity contribution in [2.45, 2.75) is 51.9 Å². The first-order valence-corrected chi connectivity index (χ1v) is 9.84. The van der Waals surface area contributed by atoms with Gasteiger partial charge in [-0.25, -0.2) is 0 Å². The fraction of sp³-hybridized carbons (Fsp3) is 0.714. The van der Waals surface area contributed by atoms with E-state index >= 15 is 0 Å². The predicted octanol–water partition coefficient (Wildman–Crippen LogP) is 4.87. The molecule has 0 N–H and O–H groups in total. The van der Waals surface area contributed by atoms with Crippen LogP contribution in [0.25, 0.3) is 0 Å². The lowest BCUT2D eigenvalue weighted by Crippen LogP contribution is -2.12. The van der Waals surface area contributed by atoms with Crippen molar-refractivity contribution in [2.24, 2.45) is 0 Å². The first kappa shape index (κ1) is 21.9. The van der Waals surface area contributed by atoms with Crippen molar-refractivity contribution in [3.05, 3.63) is 30.3 Å². The van der Waals surface area contributed by atoms with Crippen molar-refractivity contribution in [3.8, 4) is 5.75 Å². The summed E-state index contributed by atoms with van der Waals surface area (Å²) in [5.41, 5.74) is 0. The molecule has 0 aliphatic carbocycles. The van der Waals surface area contributed by atoms with E-state index in [2.05, 4.69) is 6.92 Å². The molecule has 0 radical (unpaired) electrons. The largest absolute Gasteiger partial charge is 0.491 e. The summed E-state index contributed by atoms with van der Waals surface area (Å²) in [7, 11) is 0. The van der Waals surface area contributed by atoms with Crippen molar-refractivity contribution in [1.29, 1.82) is 0 Å². The lowest BCUT2D eigenvalue weighted by molar-refractivity contribution is 0.00878. The maximum absolute atomic E-state index is 5.57. The number of hydrogen-bond donors (Lipinski definition) is 0. The lowest BCUT2D eigenvalue weighted by atomic mass is 10.1. The summed E-state index contributed by atoms with van der Waals surface area (Å²) < 4.78 is 22.1. The minimum Gasteiger partial charge on any atom is -0.491 e. The summed E-state index contributed by atoms with van der Waals surface area (Å²) in [6.45, 7) is 6.75. The average molecular weight is 353 g/mol. The maximum Gasteiger partial charge on any atom is 0.119 e.